The molecule has 4 aromatic rings. The SMILES string of the molecule is CN(CCCc1cc(-c2cccc(F)c2)n[nH]1)C(=O)C1CCN(c2ccc3nncn3n2)CC1. The molecule has 1 amide bonds. The number of benzene rings is 1. The number of carbonyl (C=O) groups excluding carboxylic acids is 1. The van der Waals surface area contributed by atoms with Gasteiger partial charge in [0.05, 0.1) is 5.69 Å². The van der Waals surface area contributed by atoms with E-state index in [-0.39, 0.29) is 17.6 Å². The lowest BCUT2D eigenvalue weighted by atomic mass is 9.95. The molecule has 1 aliphatic heterocycles. The Balaban J connectivity index is 1.08. The Morgan fingerprint density at radius 3 is 2.88 bits per heavy atom. The maximum atomic E-state index is 13.4. The van der Waals surface area contributed by atoms with Crippen molar-refractivity contribution in [3.63, 3.8) is 0 Å². The minimum atomic E-state index is -0.277. The van der Waals surface area contributed by atoms with Gasteiger partial charge >= 0.3 is 0 Å². The quantitative estimate of drug-likeness (QED) is 0.454. The first-order valence-corrected chi connectivity index (χ1v) is 11.5. The number of hydrogen-bond acceptors (Lipinski definition) is 6. The number of piperidine rings is 1. The molecule has 0 unspecified atom stereocenters. The monoisotopic (exact) mass is 462 g/mol. The van der Waals surface area contributed by atoms with E-state index in [9.17, 15) is 9.18 Å². The van der Waals surface area contributed by atoms with Crippen LogP contribution in [0.3, 0.4) is 0 Å². The molecule has 0 bridgehead atoms. The lowest BCUT2D eigenvalue weighted by molar-refractivity contribution is -0.134. The van der Waals surface area contributed by atoms with Crippen molar-refractivity contribution in [2.24, 2.45) is 5.92 Å². The fourth-order valence-corrected chi connectivity index (χ4v) is 4.46. The van der Waals surface area contributed by atoms with Crippen LogP contribution in [0.1, 0.15) is 25.0 Å². The van der Waals surface area contributed by atoms with E-state index in [1.165, 1.54) is 12.1 Å². The Labute approximate surface area is 196 Å². The van der Waals surface area contributed by atoms with Gasteiger partial charge in [0, 0.05) is 43.9 Å². The minimum absolute atomic E-state index is 0.0339. The fourth-order valence-electron chi connectivity index (χ4n) is 4.46. The molecule has 3 aromatic heterocycles. The number of aromatic nitrogens is 6. The Morgan fingerprint density at radius 2 is 2.06 bits per heavy atom. The van der Waals surface area contributed by atoms with E-state index in [4.69, 9.17) is 0 Å². The number of hydrogen-bond donors (Lipinski definition) is 1. The van der Waals surface area contributed by atoms with Crippen LogP contribution >= 0.6 is 0 Å². The summed E-state index contributed by atoms with van der Waals surface area (Å²) in [6, 6.07) is 12.2. The van der Waals surface area contributed by atoms with Crippen LogP contribution in [0.2, 0.25) is 0 Å². The van der Waals surface area contributed by atoms with E-state index in [2.05, 4.69) is 30.4 Å². The molecule has 1 saturated heterocycles. The molecular weight excluding hydrogens is 435 g/mol. The third kappa shape index (κ3) is 4.75. The van der Waals surface area contributed by atoms with Gasteiger partial charge in [-0.25, -0.2) is 4.39 Å². The number of rotatable bonds is 7. The Morgan fingerprint density at radius 1 is 1.21 bits per heavy atom. The van der Waals surface area contributed by atoms with Crippen molar-refractivity contribution in [3.8, 4) is 11.3 Å². The fraction of sp³-hybridized carbons (Fsp3) is 0.375. The smallest absolute Gasteiger partial charge is 0.225 e. The first-order chi connectivity index (χ1) is 16.6. The van der Waals surface area contributed by atoms with Crippen LogP contribution in [-0.4, -0.2) is 67.5 Å². The highest BCUT2D eigenvalue weighted by Gasteiger charge is 2.27. The number of nitrogens with one attached hydrogen (secondary N) is 1. The maximum Gasteiger partial charge on any atom is 0.225 e. The summed E-state index contributed by atoms with van der Waals surface area (Å²) in [5.41, 5.74) is 3.17. The Kier molecular flexibility index (Phi) is 6.20. The van der Waals surface area contributed by atoms with Gasteiger partial charge in [-0.05, 0) is 56.0 Å². The molecule has 0 spiro atoms. The van der Waals surface area contributed by atoms with Crippen molar-refractivity contribution in [2.45, 2.75) is 25.7 Å². The second kappa shape index (κ2) is 9.58. The van der Waals surface area contributed by atoms with Crippen LogP contribution in [0.15, 0.2) is 48.8 Å². The first kappa shape index (κ1) is 22.0. The summed E-state index contributed by atoms with van der Waals surface area (Å²) in [7, 11) is 1.88. The predicted molar refractivity (Wildman–Crippen MR) is 126 cm³/mol. The van der Waals surface area contributed by atoms with Crippen molar-refractivity contribution in [3.05, 3.63) is 60.3 Å². The molecule has 10 heteroatoms. The molecule has 34 heavy (non-hydrogen) atoms. The largest absolute Gasteiger partial charge is 0.355 e. The van der Waals surface area contributed by atoms with Crippen molar-refractivity contribution >= 4 is 17.4 Å². The molecule has 9 nitrogen and oxygen atoms in total. The Bertz CT molecular complexity index is 1280. The lowest BCUT2D eigenvalue weighted by Crippen LogP contribution is -2.42. The maximum absolute atomic E-state index is 13.4. The van der Waals surface area contributed by atoms with Crippen LogP contribution < -0.4 is 4.90 Å². The average Bonchev–Trinajstić information content (AvgIpc) is 3.53. The van der Waals surface area contributed by atoms with Gasteiger partial charge in [-0.3, -0.25) is 9.89 Å². The zero-order chi connectivity index (χ0) is 23.5. The number of carbonyl (C=O) groups is 1. The summed E-state index contributed by atoms with van der Waals surface area (Å²) in [6.07, 6.45) is 4.81. The summed E-state index contributed by atoms with van der Waals surface area (Å²) in [5.74, 6) is 0.836. The molecule has 0 radical (unpaired) electrons. The number of nitrogens with zero attached hydrogens (tertiary/aromatic N) is 7. The van der Waals surface area contributed by atoms with Gasteiger partial charge in [0.15, 0.2) is 5.65 Å². The van der Waals surface area contributed by atoms with Crippen LogP contribution in [0.4, 0.5) is 10.2 Å². The van der Waals surface area contributed by atoms with Crippen LogP contribution in [0.25, 0.3) is 16.9 Å². The second-order valence-electron chi connectivity index (χ2n) is 8.74. The van der Waals surface area contributed by atoms with Crippen molar-refractivity contribution < 1.29 is 9.18 Å². The third-order valence-corrected chi connectivity index (χ3v) is 6.38. The van der Waals surface area contributed by atoms with Crippen molar-refractivity contribution in [1.82, 2.24) is 34.9 Å². The Hall–Kier alpha value is -3.82. The van der Waals surface area contributed by atoms with Gasteiger partial charge < -0.3 is 9.80 Å². The number of H-pyrrole nitrogens is 1. The van der Waals surface area contributed by atoms with E-state index in [0.29, 0.717) is 6.54 Å². The number of halogens is 1. The van der Waals surface area contributed by atoms with E-state index < -0.39 is 0 Å². The summed E-state index contributed by atoms with van der Waals surface area (Å²) in [6.45, 7) is 2.27. The summed E-state index contributed by atoms with van der Waals surface area (Å²) in [5, 5.41) is 19.7. The van der Waals surface area contributed by atoms with Gasteiger partial charge in [0.2, 0.25) is 5.91 Å². The molecule has 1 N–H and O–H groups in total. The minimum Gasteiger partial charge on any atom is -0.355 e. The number of amides is 1. The second-order valence-corrected chi connectivity index (χ2v) is 8.74. The molecule has 0 saturated carbocycles. The molecule has 4 heterocycles. The standard InChI is InChI=1S/C24H27FN8O/c1-31(11-3-6-20-15-21(28-27-20)18-4-2-5-19(25)14-18)24(34)17-9-12-32(13-10-17)23-8-7-22-29-26-16-33(22)30-23/h2,4-5,7-8,14-17H,3,6,9-13H2,1H3,(H,27,28). The van der Waals surface area contributed by atoms with Crippen molar-refractivity contribution in [1.29, 1.82) is 0 Å². The van der Waals surface area contributed by atoms with E-state index in [0.717, 1.165) is 67.2 Å². The van der Waals surface area contributed by atoms with Crippen molar-refractivity contribution in [2.75, 3.05) is 31.6 Å². The van der Waals surface area contributed by atoms with Crippen LogP contribution in [-0.2, 0) is 11.2 Å². The van der Waals surface area contributed by atoms with Crippen LogP contribution in [0.5, 0.6) is 0 Å². The number of fused-ring (bicyclic) bond motifs is 1. The molecule has 0 aliphatic carbocycles. The average molecular weight is 463 g/mol. The van der Waals surface area contributed by atoms with Gasteiger partial charge in [-0.2, -0.15) is 9.61 Å². The summed E-state index contributed by atoms with van der Waals surface area (Å²) < 4.78 is 15.1. The first-order valence-electron chi connectivity index (χ1n) is 11.5. The number of aryl methyl sites for hydroxylation is 1. The van der Waals surface area contributed by atoms with Crippen LogP contribution in [0, 0.1) is 11.7 Å². The molecule has 1 aliphatic rings. The zero-order valence-electron chi connectivity index (χ0n) is 19.1. The predicted octanol–water partition coefficient (Wildman–Crippen LogP) is 2.96. The van der Waals surface area contributed by atoms with Gasteiger partial charge in [-0.15, -0.1) is 15.3 Å². The normalized spacial score (nSPS) is 14.6. The molecule has 176 valence electrons. The zero-order valence-corrected chi connectivity index (χ0v) is 19.1. The summed E-state index contributed by atoms with van der Waals surface area (Å²) in [4.78, 5) is 17.0. The van der Waals surface area contributed by atoms with Gasteiger partial charge in [0.1, 0.15) is 18.0 Å². The molecular formula is C24H27FN8O. The highest BCUT2D eigenvalue weighted by Crippen LogP contribution is 2.24. The third-order valence-electron chi connectivity index (χ3n) is 6.38. The molecule has 1 fully saturated rings. The van der Waals surface area contributed by atoms with E-state index in [1.54, 1.807) is 16.9 Å². The molecule has 1 aromatic carbocycles. The molecule has 5 rings (SSSR count). The molecule has 0 atom stereocenters. The van der Waals surface area contributed by atoms with E-state index in [1.807, 2.05) is 36.2 Å². The van der Waals surface area contributed by atoms with Gasteiger partial charge in [0.25, 0.3) is 0 Å². The number of anilines is 1. The highest BCUT2D eigenvalue weighted by molar-refractivity contribution is 5.79. The highest BCUT2D eigenvalue weighted by atomic mass is 19.1. The summed E-state index contributed by atoms with van der Waals surface area (Å²) >= 11 is 0. The van der Waals surface area contributed by atoms with E-state index >= 15 is 0 Å². The topological polar surface area (TPSA) is 95.3 Å². The number of aromatic amines is 1. The van der Waals surface area contributed by atoms with Gasteiger partial charge in [-0.1, -0.05) is 12.1 Å². The lowest BCUT2D eigenvalue weighted by Gasteiger charge is -2.33.